The molecule has 0 aromatic heterocycles. The summed E-state index contributed by atoms with van der Waals surface area (Å²) in [6.45, 7) is 3.15. The zero-order valence-corrected chi connectivity index (χ0v) is 24.6. The number of quaternary nitrogens is 2. The molecule has 0 unspecified atom stereocenters. The third-order valence-corrected chi connectivity index (χ3v) is 6.41. The van der Waals surface area contributed by atoms with Gasteiger partial charge in [0.2, 0.25) is 0 Å². The fraction of sp³-hybridized carbons (Fsp3) is 0.200. The van der Waals surface area contributed by atoms with Crippen molar-refractivity contribution < 1.29 is 19.8 Å². The Morgan fingerprint density at radius 1 is 0.561 bits per heavy atom. The van der Waals surface area contributed by atoms with Gasteiger partial charge in [-0.05, 0) is 42.8 Å². The molecule has 6 nitrogen and oxygen atoms in total. The third-order valence-electron chi connectivity index (χ3n) is 6.41. The first-order valence-electron chi connectivity index (χ1n) is 13.4. The molecule has 0 aliphatic carbocycles. The lowest BCUT2D eigenvalue weighted by Crippen LogP contribution is -2.39. The van der Waals surface area contributed by atoms with Gasteiger partial charge in [-0.15, -0.1) is 0 Å². The molecule has 0 fully saturated rings. The first-order valence-corrected chi connectivity index (χ1v) is 13.4. The first-order chi connectivity index (χ1) is 19.4. The van der Waals surface area contributed by atoms with Crippen LogP contribution in [0.1, 0.15) is 18.1 Å². The molecule has 0 aliphatic rings. The average Bonchev–Trinajstić information content (AvgIpc) is 2.95. The van der Waals surface area contributed by atoms with E-state index in [0.29, 0.717) is 6.08 Å². The van der Waals surface area contributed by atoms with Crippen molar-refractivity contribution in [2.24, 2.45) is 0 Å². The molecule has 0 spiro atoms. The molecule has 4 aromatic carbocycles. The van der Waals surface area contributed by atoms with E-state index in [-0.39, 0.29) is 5.57 Å². The zero-order chi connectivity index (χ0) is 30.3. The van der Waals surface area contributed by atoms with E-state index in [9.17, 15) is 19.8 Å². The number of carbonyl (C=O) groups is 2. The molecule has 0 bridgehead atoms. The van der Waals surface area contributed by atoms with Gasteiger partial charge in [0.25, 0.3) is 0 Å². The summed E-state index contributed by atoms with van der Waals surface area (Å²) >= 11 is 0. The lowest BCUT2D eigenvalue weighted by atomic mass is 10.2. The van der Waals surface area contributed by atoms with Crippen LogP contribution < -0.4 is 19.2 Å². The molecule has 0 atom stereocenters. The zero-order valence-electron chi connectivity index (χ0n) is 24.6. The molecule has 0 saturated heterocycles. The number of rotatable bonds is 8. The van der Waals surface area contributed by atoms with Crippen molar-refractivity contribution in [2.45, 2.75) is 20.0 Å². The molecule has 0 saturated carbocycles. The van der Waals surface area contributed by atoms with Crippen molar-refractivity contribution in [3.05, 3.63) is 144 Å². The van der Waals surface area contributed by atoms with Gasteiger partial charge < -0.3 is 19.8 Å². The molecule has 41 heavy (non-hydrogen) atoms. The molecule has 4 rings (SSSR count). The Labute approximate surface area is 244 Å². The number of aliphatic carboxylic acids is 2. The van der Waals surface area contributed by atoms with Crippen LogP contribution in [-0.2, 0) is 22.7 Å². The summed E-state index contributed by atoms with van der Waals surface area (Å²) in [5.74, 6) is -3.03. The summed E-state index contributed by atoms with van der Waals surface area (Å²) < 4.78 is 1.76. The Hall–Kier alpha value is -4.52. The van der Waals surface area contributed by atoms with Crippen LogP contribution in [-0.4, -0.2) is 40.1 Å². The van der Waals surface area contributed by atoms with Crippen molar-refractivity contribution in [1.29, 1.82) is 0 Å². The largest absolute Gasteiger partial charge is 0.545 e. The smallest absolute Gasteiger partial charge is 0.132 e. The second-order valence-corrected chi connectivity index (χ2v) is 10.8. The van der Waals surface area contributed by atoms with Crippen LogP contribution in [0.5, 0.6) is 0 Å². The number of nitrogens with zero attached hydrogens (tertiary/aromatic N) is 2. The minimum absolute atomic E-state index is 0.352. The highest BCUT2D eigenvalue weighted by molar-refractivity contribution is 5.92. The van der Waals surface area contributed by atoms with Crippen LogP contribution in [0.3, 0.4) is 0 Å². The van der Waals surface area contributed by atoms with Crippen molar-refractivity contribution in [1.82, 2.24) is 8.97 Å². The molecular formula is C35H40N2O4. The quantitative estimate of drug-likeness (QED) is 0.241. The second-order valence-electron chi connectivity index (χ2n) is 10.8. The Morgan fingerprint density at radius 3 is 1.10 bits per heavy atom. The summed E-state index contributed by atoms with van der Waals surface area (Å²) in [5.41, 5.74) is 5.07. The van der Waals surface area contributed by atoms with E-state index in [1.165, 1.54) is 22.5 Å². The minimum Gasteiger partial charge on any atom is -0.545 e. The Morgan fingerprint density at radius 2 is 0.854 bits per heavy atom. The highest BCUT2D eigenvalue weighted by Gasteiger charge is 2.19. The minimum atomic E-state index is -1.53. The lowest BCUT2D eigenvalue weighted by Gasteiger charge is -2.29. The van der Waals surface area contributed by atoms with Crippen LogP contribution in [0.15, 0.2) is 133 Å². The van der Waals surface area contributed by atoms with Gasteiger partial charge in [-0.25, -0.2) is 0 Å². The normalized spacial score (nSPS) is 11.3. The molecular weight excluding hydrogens is 512 g/mol. The van der Waals surface area contributed by atoms with E-state index in [1.54, 1.807) is 0 Å². The molecule has 0 N–H and O–H groups in total. The van der Waals surface area contributed by atoms with Crippen LogP contribution in [0.2, 0.25) is 0 Å². The van der Waals surface area contributed by atoms with Crippen LogP contribution >= 0.6 is 0 Å². The predicted molar refractivity (Wildman–Crippen MR) is 164 cm³/mol. The van der Waals surface area contributed by atoms with E-state index in [0.717, 1.165) is 29.0 Å². The van der Waals surface area contributed by atoms with Gasteiger partial charge in [-0.3, -0.25) is 8.97 Å². The maximum atomic E-state index is 9.76. The fourth-order valence-electron chi connectivity index (χ4n) is 4.16. The van der Waals surface area contributed by atoms with Crippen LogP contribution in [0.25, 0.3) is 0 Å². The van der Waals surface area contributed by atoms with Gasteiger partial charge in [-0.1, -0.05) is 97.1 Å². The van der Waals surface area contributed by atoms with Crippen molar-refractivity contribution in [2.75, 3.05) is 28.2 Å². The Kier molecular flexibility index (Phi) is 12.7. The SMILES string of the molecule is C/C(=C/C(=O)[O-])C(=O)[O-].C[N+](C)(Cc1ccccc1)c1ccccc1.C[N+](C)(Cc1ccccc1)c1ccccc1. The third kappa shape index (κ3) is 12.0. The molecule has 0 heterocycles. The van der Waals surface area contributed by atoms with Gasteiger partial charge in [0, 0.05) is 11.1 Å². The number of carboxylic acid groups (broad SMARTS) is 2. The van der Waals surface area contributed by atoms with Gasteiger partial charge in [0.1, 0.15) is 24.5 Å². The van der Waals surface area contributed by atoms with Crippen molar-refractivity contribution in [3.63, 3.8) is 0 Å². The second kappa shape index (κ2) is 15.9. The Bertz CT molecular complexity index is 1280. The number of benzene rings is 4. The lowest BCUT2D eigenvalue weighted by molar-refractivity contribution is -0.302. The summed E-state index contributed by atoms with van der Waals surface area (Å²) in [5, 5.41) is 19.4. The van der Waals surface area contributed by atoms with E-state index < -0.39 is 11.9 Å². The topological polar surface area (TPSA) is 80.3 Å². The number of carbonyl (C=O) groups excluding carboxylic acids is 2. The summed E-state index contributed by atoms with van der Waals surface area (Å²) in [6.07, 6.45) is 0.468. The molecule has 0 aliphatic heterocycles. The van der Waals surface area contributed by atoms with E-state index in [2.05, 4.69) is 150 Å². The van der Waals surface area contributed by atoms with Gasteiger partial charge in [0.15, 0.2) is 0 Å². The summed E-state index contributed by atoms with van der Waals surface area (Å²) in [6, 6.07) is 42.5. The molecule has 214 valence electrons. The van der Waals surface area contributed by atoms with Gasteiger partial charge >= 0.3 is 0 Å². The van der Waals surface area contributed by atoms with E-state index in [4.69, 9.17) is 0 Å². The maximum absolute atomic E-state index is 9.76. The summed E-state index contributed by atoms with van der Waals surface area (Å²) in [7, 11) is 8.95. The highest BCUT2D eigenvalue weighted by Crippen LogP contribution is 2.22. The standard InChI is InChI=1S/2C15H18N.C5H6O4/c2*1-16(2,15-11-7-4-8-12-15)13-14-9-5-3-6-10-14;1-3(5(8)9)2-4(6)7/h2*3-12H,13H2,1-2H3;2H,1H3,(H,6,7)(H,8,9)/q2*+1;/p-2/b;;3-2-. The van der Waals surface area contributed by atoms with Crippen LogP contribution in [0.4, 0.5) is 11.4 Å². The Balaban J connectivity index is 0.000000225. The predicted octanol–water partition coefficient (Wildman–Crippen LogP) is 4.34. The monoisotopic (exact) mass is 552 g/mol. The fourth-order valence-corrected chi connectivity index (χ4v) is 4.16. The number of hydrogen-bond acceptors (Lipinski definition) is 4. The number of carboxylic acids is 2. The van der Waals surface area contributed by atoms with Crippen molar-refractivity contribution in [3.8, 4) is 0 Å². The molecule has 6 heteroatoms. The van der Waals surface area contributed by atoms with E-state index >= 15 is 0 Å². The van der Waals surface area contributed by atoms with Crippen LogP contribution in [0, 0.1) is 0 Å². The molecule has 0 amide bonds. The van der Waals surface area contributed by atoms with Crippen molar-refractivity contribution >= 4 is 23.3 Å². The average molecular weight is 553 g/mol. The highest BCUT2D eigenvalue weighted by atomic mass is 16.4. The summed E-state index contributed by atoms with van der Waals surface area (Å²) in [4.78, 5) is 19.4. The molecule has 4 aromatic rings. The number of para-hydroxylation sites is 2. The maximum Gasteiger partial charge on any atom is 0.132 e. The van der Waals surface area contributed by atoms with Gasteiger partial charge in [-0.2, -0.15) is 0 Å². The van der Waals surface area contributed by atoms with E-state index in [1.807, 2.05) is 0 Å². The molecule has 0 radical (unpaired) electrons. The first kappa shape index (κ1) is 32.7. The number of hydrogen-bond donors (Lipinski definition) is 0. The van der Waals surface area contributed by atoms with Gasteiger partial charge in [0.05, 0.1) is 40.1 Å².